The summed E-state index contributed by atoms with van der Waals surface area (Å²) in [6, 6.07) is 1.16. The standard InChI is InChI=1S/C10H16ClN3/c1-12-8-3-2-4-9(7-8)14-6-5-13-10(14)11/h5-6,8-9,12H,2-4,7H2,1H3. The fourth-order valence-corrected chi connectivity index (χ4v) is 2.50. The van der Waals surface area contributed by atoms with E-state index in [4.69, 9.17) is 11.6 Å². The molecule has 1 heterocycles. The van der Waals surface area contributed by atoms with Gasteiger partial charge in [0.05, 0.1) is 0 Å². The largest absolute Gasteiger partial charge is 0.319 e. The van der Waals surface area contributed by atoms with E-state index in [2.05, 4.69) is 14.9 Å². The minimum atomic E-state index is 0.524. The molecule has 1 aliphatic rings. The molecular weight excluding hydrogens is 198 g/mol. The van der Waals surface area contributed by atoms with E-state index >= 15 is 0 Å². The highest BCUT2D eigenvalue weighted by Crippen LogP contribution is 2.30. The van der Waals surface area contributed by atoms with Gasteiger partial charge in [-0.25, -0.2) is 4.98 Å². The molecule has 1 aliphatic carbocycles. The van der Waals surface area contributed by atoms with Crippen LogP contribution in [0.3, 0.4) is 0 Å². The molecule has 0 radical (unpaired) electrons. The van der Waals surface area contributed by atoms with Gasteiger partial charge in [-0.05, 0) is 44.3 Å². The molecule has 0 saturated heterocycles. The van der Waals surface area contributed by atoms with Crippen LogP contribution in [0.4, 0.5) is 0 Å². The molecule has 2 rings (SSSR count). The lowest BCUT2D eigenvalue weighted by atomic mass is 9.91. The van der Waals surface area contributed by atoms with Crippen molar-refractivity contribution in [3.05, 3.63) is 17.7 Å². The van der Waals surface area contributed by atoms with Gasteiger partial charge in [-0.2, -0.15) is 0 Å². The van der Waals surface area contributed by atoms with Crippen molar-refractivity contribution in [2.75, 3.05) is 7.05 Å². The topological polar surface area (TPSA) is 29.9 Å². The van der Waals surface area contributed by atoms with E-state index in [1.165, 1.54) is 19.3 Å². The third kappa shape index (κ3) is 1.93. The Morgan fingerprint density at radius 2 is 2.43 bits per heavy atom. The molecule has 1 aromatic rings. The zero-order valence-electron chi connectivity index (χ0n) is 8.41. The van der Waals surface area contributed by atoms with Gasteiger partial charge in [-0.15, -0.1) is 0 Å². The van der Waals surface area contributed by atoms with Gasteiger partial charge in [-0.3, -0.25) is 0 Å². The van der Waals surface area contributed by atoms with Crippen molar-refractivity contribution in [2.24, 2.45) is 0 Å². The lowest BCUT2D eigenvalue weighted by molar-refractivity contribution is 0.295. The summed E-state index contributed by atoms with van der Waals surface area (Å²) in [6.45, 7) is 0. The van der Waals surface area contributed by atoms with Crippen LogP contribution in [0, 0.1) is 0 Å². The van der Waals surface area contributed by atoms with Crippen LogP contribution in [-0.2, 0) is 0 Å². The molecule has 0 spiro atoms. The molecule has 0 amide bonds. The highest BCUT2D eigenvalue weighted by atomic mass is 35.5. The van der Waals surface area contributed by atoms with E-state index in [1.54, 1.807) is 6.20 Å². The van der Waals surface area contributed by atoms with Gasteiger partial charge >= 0.3 is 0 Å². The number of hydrogen-bond donors (Lipinski definition) is 1. The maximum absolute atomic E-state index is 6.00. The molecule has 0 aliphatic heterocycles. The molecule has 14 heavy (non-hydrogen) atoms. The van der Waals surface area contributed by atoms with E-state index in [9.17, 15) is 0 Å². The Hall–Kier alpha value is -0.540. The van der Waals surface area contributed by atoms with Crippen LogP contribution in [0.5, 0.6) is 0 Å². The number of imidazole rings is 1. The first kappa shape index (κ1) is 9.99. The van der Waals surface area contributed by atoms with Crippen molar-refractivity contribution < 1.29 is 0 Å². The smallest absolute Gasteiger partial charge is 0.202 e. The maximum Gasteiger partial charge on any atom is 0.202 e. The number of rotatable bonds is 2. The normalized spacial score (nSPS) is 27.9. The molecule has 1 N–H and O–H groups in total. The monoisotopic (exact) mass is 213 g/mol. The summed E-state index contributed by atoms with van der Waals surface area (Å²) in [5.41, 5.74) is 0. The average molecular weight is 214 g/mol. The van der Waals surface area contributed by atoms with E-state index < -0.39 is 0 Å². The Labute approximate surface area is 89.5 Å². The zero-order chi connectivity index (χ0) is 9.97. The van der Waals surface area contributed by atoms with Crippen LogP contribution in [0.15, 0.2) is 12.4 Å². The fraction of sp³-hybridized carbons (Fsp3) is 0.700. The van der Waals surface area contributed by atoms with E-state index in [0.717, 1.165) is 6.42 Å². The van der Waals surface area contributed by atoms with E-state index in [0.29, 0.717) is 17.4 Å². The molecule has 0 bridgehead atoms. The third-order valence-electron chi connectivity index (χ3n) is 3.07. The molecule has 0 aromatic carbocycles. The molecule has 3 nitrogen and oxygen atoms in total. The number of aromatic nitrogens is 2. The second-order valence-electron chi connectivity index (χ2n) is 3.91. The molecule has 78 valence electrons. The van der Waals surface area contributed by atoms with E-state index in [-0.39, 0.29) is 0 Å². The Morgan fingerprint density at radius 3 is 3.07 bits per heavy atom. The summed E-state index contributed by atoms with van der Waals surface area (Å²) >= 11 is 6.00. The number of hydrogen-bond acceptors (Lipinski definition) is 2. The van der Waals surface area contributed by atoms with Gasteiger partial charge in [0.25, 0.3) is 0 Å². The second kappa shape index (κ2) is 4.32. The van der Waals surface area contributed by atoms with Crippen molar-refractivity contribution >= 4 is 11.6 Å². The highest BCUT2D eigenvalue weighted by Gasteiger charge is 2.22. The lowest BCUT2D eigenvalue weighted by Crippen LogP contribution is -2.32. The first-order valence-electron chi connectivity index (χ1n) is 5.17. The molecule has 2 atom stereocenters. The van der Waals surface area contributed by atoms with Crippen LogP contribution >= 0.6 is 11.6 Å². The maximum atomic E-state index is 6.00. The van der Waals surface area contributed by atoms with Gasteiger partial charge in [0.1, 0.15) is 0 Å². The van der Waals surface area contributed by atoms with Crippen LogP contribution in [0.1, 0.15) is 31.7 Å². The SMILES string of the molecule is CNC1CCCC(n2ccnc2Cl)C1. The first-order valence-corrected chi connectivity index (χ1v) is 5.54. The molecule has 1 saturated carbocycles. The van der Waals surface area contributed by atoms with Crippen LogP contribution in [-0.4, -0.2) is 22.6 Å². The molecule has 1 aromatic heterocycles. The lowest BCUT2D eigenvalue weighted by Gasteiger charge is -2.29. The Morgan fingerprint density at radius 1 is 1.57 bits per heavy atom. The molecule has 2 unspecified atom stereocenters. The van der Waals surface area contributed by atoms with Gasteiger partial charge in [-0.1, -0.05) is 0 Å². The average Bonchev–Trinajstić information content (AvgIpc) is 2.65. The minimum Gasteiger partial charge on any atom is -0.319 e. The van der Waals surface area contributed by atoms with Gasteiger partial charge in [0.2, 0.25) is 5.28 Å². The van der Waals surface area contributed by atoms with Crippen molar-refractivity contribution in [1.29, 1.82) is 0 Å². The van der Waals surface area contributed by atoms with Gasteiger partial charge in [0, 0.05) is 24.5 Å². The predicted octanol–water partition coefficient (Wildman–Crippen LogP) is 2.24. The number of nitrogens with one attached hydrogen (secondary N) is 1. The summed E-state index contributed by atoms with van der Waals surface area (Å²) in [6.07, 6.45) is 8.67. The van der Waals surface area contributed by atoms with Gasteiger partial charge < -0.3 is 9.88 Å². The van der Waals surface area contributed by atoms with Crippen LogP contribution in [0.2, 0.25) is 5.28 Å². The van der Waals surface area contributed by atoms with Gasteiger partial charge in [0.15, 0.2) is 0 Å². The summed E-state index contributed by atoms with van der Waals surface area (Å²) in [7, 11) is 2.03. The summed E-state index contributed by atoms with van der Waals surface area (Å²) < 4.78 is 2.09. The van der Waals surface area contributed by atoms with Crippen LogP contribution < -0.4 is 5.32 Å². The fourth-order valence-electron chi connectivity index (χ4n) is 2.25. The van der Waals surface area contributed by atoms with Crippen molar-refractivity contribution in [1.82, 2.24) is 14.9 Å². The predicted molar refractivity (Wildman–Crippen MR) is 57.6 cm³/mol. The van der Waals surface area contributed by atoms with Crippen molar-refractivity contribution in [2.45, 2.75) is 37.8 Å². The molecular formula is C10H16ClN3. The summed E-state index contributed by atoms with van der Waals surface area (Å²) in [4.78, 5) is 4.05. The second-order valence-corrected chi connectivity index (χ2v) is 4.25. The van der Waals surface area contributed by atoms with Crippen molar-refractivity contribution in [3.8, 4) is 0 Å². The number of nitrogens with zero attached hydrogens (tertiary/aromatic N) is 2. The van der Waals surface area contributed by atoms with Crippen LogP contribution in [0.25, 0.3) is 0 Å². The highest BCUT2D eigenvalue weighted by molar-refractivity contribution is 6.28. The Bertz CT molecular complexity index is 297. The van der Waals surface area contributed by atoms with E-state index in [1.807, 2.05) is 13.2 Å². The quantitative estimate of drug-likeness (QED) is 0.817. The molecule has 1 fully saturated rings. The minimum absolute atomic E-state index is 0.524. The summed E-state index contributed by atoms with van der Waals surface area (Å²) in [5, 5.41) is 3.96. The van der Waals surface area contributed by atoms with Crippen molar-refractivity contribution in [3.63, 3.8) is 0 Å². The number of halogens is 1. The molecule has 4 heteroatoms. The third-order valence-corrected chi connectivity index (χ3v) is 3.36. The first-order chi connectivity index (χ1) is 6.81. The Balaban J connectivity index is 2.08. The Kier molecular flexibility index (Phi) is 3.08. The zero-order valence-corrected chi connectivity index (χ0v) is 9.17. The summed E-state index contributed by atoms with van der Waals surface area (Å²) in [5.74, 6) is 0.